The summed E-state index contributed by atoms with van der Waals surface area (Å²) >= 11 is 0. The summed E-state index contributed by atoms with van der Waals surface area (Å²) in [5.74, 6) is 0.354. The number of aromatic nitrogens is 5. The van der Waals surface area contributed by atoms with Gasteiger partial charge in [0.1, 0.15) is 12.2 Å². The zero-order valence-electron chi connectivity index (χ0n) is 20.8. The summed E-state index contributed by atoms with van der Waals surface area (Å²) in [4.78, 5) is 19.0. The molecule has 2 aliphatic heterocycles. The van der Waals surface area contributed by atoms with Crippen LogP contribution in [0.2, 0.25) is 0 Å². The number of benzene rings is 2. The van der Waals surface area contributed by atoms with Crippen LogP contribution in [0.5, 0.6) is 0 Å². The molecule has 4 aromatic rings. The van der Waals surface area contributed by atoms with Gasteiger partial charge in [0.2, 0.25) is 0 Å². The Labute approximate surface area is 216 Å². The van der Waals surface area contributed by atoms with E-state index in [0.29, 0.717) is 30.9 Å². The van der Waals surface area contributed by atoms with E-state index in [9.17, 15) is 18.0 Å². The number of alkyl halides is 3. The molecule has 11 heteroatoms. The van der Waals surface area contributed by atoms with Gasteiger partial charge in [-0.15, -0.1) is 10.2 Å². The number of amides is 1. The molecule has 2 aromatic heterocycles. The molecule has 0 radical (unpaired) electrons. The molecular formula is C27H25F3N6O2. The Morgan fingerprint density at radius 1 is 1.16 bits per heavy atom. The van der Waals surface area contributed by atoms with Crippen LogP contribution in [0.25, 0.3) is 0 Å². The van der Waals surface area contributed by atoms with Crippen LogP contribution in [-0.2, 0) is 36.3 Å². The first-order chi connectivity index (χ1) is 18.2. The highest BCUT2D eigenvalue weighted by Crippen LogP contribution is 2.42. The molecule has 1 unspecified atom stereocenters. The van der Waals surface area contributed by atoms with Crippen molar-refractivity contribution in [2.45, 2.75) is 37.5 Å². The molecular weight excluding hydrogens is 497 g/mol. The van der Waals surface area contributed by atoms with E-state index in [2.05, 4.69) is 15.2 Å². The van der Waals surface area contributed by atoms with Crippen LogP contribution in [0.1, 0.15) is 51.4 Å². The lowest BCUT2D eigenvalue weighted by molar-refractivity contribution is -0.138. The number of carbonyl (C=O) groups is 1. The lowest BCUT2D eigenvalue weighted by Crippen LogP contribution is -2.49. The second kappa shape index (κ2) is 8.80. The van der Waals surface area contributed by atoms with Crippen LogP contribution in [0.4, 0.5) is 18.9 Å². The van der Waals surface area contributed by atoms with Crippen molar-refractivity contribution in [3.8, 4) is 0 Å². The van der Waals surface area contributed by atoms with Gasteiger partial charge in [0.15, 0.2) is 0 Å². The lowest BCUT2D eigenvalue weighted by atomic mass is 9.75. The Morgan fingerprint density at radius 2 is 1.97 bits per heavy atom. The maximum absolute atomic E-state index is 14.2. The average Bonchev–Trinajstić information content (AvgIpc) is 3.61. The van der Waals surface area contributed by atoms with E-state index in [1.165, 1.54) is 4.90 Å². The molecule has 1 amide bonds. The monoisotopic (exact) mass is 522 g/mol. The Kier molecular flexibility index (Phi) is 5.64. The molecule has 38 heavy (non-hydrogen) atoms. The van der Waals surface area contributed by atoms with Crippen LogP contribution in [0.15, 0.2) is 61.4 Å². The van der Waals surface area contributed by atoms with Crippen LogP contribution < -0.4 is 4.90 Å². The summed E-state index contributed by atoms with van der Waals surface area (Å²) in [6.07, 6.45) is 2.43. The quantitative estimate of drug-likeness (QED) is 0.377. The summed E-state index contributed by atoms with van der Waals surface area (Å²) in [6, 6.07) is 9.73. The normalized spacial score (nSPS) is 17.4. The van der Waals surface area contributed by atoms with Crippen molar-refractivity contribution < 1.29 is 22.7 Å². The molecule has 1 fully saturated rings. The topological polar surface area (TPSA) is 78.1 Å². The predicted octanol–water partition coefficient (Wildman–Crippen LogP) is 4.31. The molecule has 2 aromatic carbocycles. The van der Waals surface area contributed by atoms with Crippen molar-refractivity contribution in [2.75, 3.05) is 18.1 Å². The first kappa shape index (κ1) is 24.4. The van der Waals surface area contributed by atoms with Crippen molar-refractivity contribution in [2.24, 2.45) is 7.05 Å². The fraction of sp³-hybridized carbons (Fsp3) is 0.333. The first-order valence-corrected chi connectivity index (χ1v) is 12.2. The van der Waals surface area contributed by atoms with Gasteiger partial charge in [-0.25, -0.2) is 4.98 Å². The van der Waals surface area contributed by atoms with Gasteiger partial charge in [0, 0.05) is 42.5 Å². The molecule has 1 atom stereocenters. The van der Waals surface area contributed by atoms with E-state index in [0.717, 1.165) is 17.5 Å². The zero-order valence-corrected chi connectivity index (χ0v) is 20.8. The van der Waals surface area contributed by atoms with Gasteiger partial charge >= 0.3 is 6.18 Å². The summed E-state index contributed by atoms with van der Waals surface area (Å²) in [5, 5.41) is 8.16. The largest absolute Gasteiger partial charge is 0.416 e. The summed E-state index contributed by atoms with van der Waals surface area (Å²) in [5.41, 5.74) is 0.825. The Bertz CT molecular complexity index is 1510. The highest BCUT2D eigenvalue weighted by atomic mass is 19.4. The number of nitrogens with zero attached hydrogens (tertiary/aromatic N) is 6. The van der Waals surface area contributed by atoms with E-state index in [4.69, 9.17) is 4.74 Å². The second-order valence-electron chi connectivity index (χ2n) is 10.0. The molecule has 196 valence electrons. The number of anilines is 1. The first-order valence-electron chi connectivity index (χ1n) is 12.2. The number of fused-ring (bicyclic) bond motifs is 1. The minimum atomic E-state index is -4.60. The number of imidazole rings is 1. The van der Waals surface area contributed by atoms with Crippen LogP contribution in [-0.4, -0.2) is 43.4 Å². The van der Waals surface area contributed by atoms with Crippen LogP contribution >= 0.6 is 0 Å². The number of carbonyl (C=O) groups excluding carboxylic acids is 1. The van der Waals surface area contributed by atoms with Gasteiger partial charge in [0.25, 0.3) is 5.91 Å². The highest BCUT2D eigenvalue weighted by Gasteiger charge is 2.43. The molecule has 1 saturated heterocycles. The van der Waals surface area contributed by atoms with Crippen LogP contribution in [0.3, 0.4) is 0 Å². The molecule has 0 spiro atoms. The van der Waals surface area contributed by atoms with Crippen molar-refractivity contribution in [3.05, 3.63) is 95.1 Å². The number of hydrogen-bond donors (Lipinski definition) is 0. The van der Waals surface area contributed by atoms with E-state index < -0.39 is 23.7 Å². The number of aryl methyl sites for hydroxylation is 1. The third kappa shape index (κ3) is 3.97. The van der Waals surface area contributed by atoms with Crippen molar-refractivity contribution >= 4 is 11.6 Å². The lowest BCUT2D eigenvalue weighted by Gasteiger charge is -2.42. The average molecular weight is 523 g/mol. The molecule has 0 saturated carbocycles. The Balaban J connectivity index is 1.36. The summed E-state index contributed by atoms with van der Waals surface area (Å²) < 4.78 is 51.7. The van der Waals surface area contributed by atoms with Gasteiger partial charge < -0.3 is 18.8 Å². The maximum Gasteiger partial charge on any atom is 0.416 e. The summed E-state index contributed by atoms with van der Waals surface area (Å²) in [6.45, 7) is 2.58. The van der Waals surface area contributed by atoms with Gasteiger partial charge in [-0.2, -0.15) is 13.2 Å². The van der Waals surface area contributed by atoms with Gasteiger partial charge in [-0.1, -0.05) is 12.1 Å². The number of rotatable bonds is 6. The SMILES string of the molecule is CC(c1cc2c(c(C(F)(F)F)c1)CN(c1cccc(C3(Cc4nncn4C)COC3)c1)C2=O)n1ccnc1. The van der Waals surface area contributed by atoms with E-state index >= 15 is 0 Å². The molecule has 4 heterocycles. The van der Waals surface area contributed by atoms with Crippen molar-refractivity contribution in [1.82, 2.24) is 24.3 Å². The Morgan fingerprint density at radius 3 is 2.61 bits per heavy atom. The van der Waals surface area contributed by atoms with Crippen LogP contribution in [0, 0.1) is 0 Å². The van der Waals surface area contributed by atoms with Gasteiger partial charge in [0.05, 0.1) is 37.7 Å². The fourth-order valence-corrected chi connectivity index (χ4v) is 5.30. The third-order valence-electron chi connectivity index (χ3n) is 7.65. The zero-order chi connectivity index (χ0) is 26.7. The standard InChI is InChI=1S/C27H25F3N6O2/c1-17(35-7-6-31-15-35)18-8-21-22(23(9-18)27(28,29)30)12-36(25(21)37)20-5-3-4-19(10-20)26(13-38-14-26)11-24-33-32-16-34(24)2/h3-10,15-17H,11-14H2,1-2H3. The van der Waals surface area contributed by atoms with Gasteiger partial charge in [-0.3, -0.25) is 4.79 Å². The molecule has 0 N–H and O–H groups in total. The van der Waals surface area contributed by atoms with E-state index in [1.807, 2.05) is 29.8 Å². The molecule has 6 rings (SSSR count). The van der Waals surface area contributed by atoms with Crippen molar-refractivity contribution in [1.29, 1.82) is 0 Å². The van der Waals surface area contributed by atoms with Crippen molar-refractivity contribution in [3.63, 3.8) is 0 Å². The summed E-state index contributed by atoms with van der Waals surface area (Å²) in [7, 11) is 1.87. The molecule has 8 nitrogen and oxygen atoms in total. The third-order valence-corrected chi connectivity index (χ3v) is 7.65. The fourth-order valence-electron chi connectivity index (χ4n) is 5.30. The predicted molar refractivity (Wildman–Crippen MR) is 132 cm³/mol. The number of hydrogen-bond acceptors (Lipinski definition) is 5. The van der Waals surface area contributed by atoms with E-state index in [-0.39, 0.29) is 23.1 Å². The number of halogens is 3. The minimum absolute atomic E-state index is 0.00439. The maximum atomic E-state index is 14.2. The molecule has 2 aliphatic rings. The Hall–Kier alpha value is -3.99. The molecule has 0 bridgehead atoms. The smallest absolute Gasteiger partial charge is 0.379 e. The number of ether oxygens (including phenoxy) is 1. The second-order valence-corrected chi connectivity index (χ2v) is 10.0. The molecule has 0 aliphatic carbocycles. The van der Waals surface area contributed by atoms with Gasteiger partial charge in [-0.05, 0) is 47.9 Å². The van der Waals surface area contributed by atoms with E-state index in [1.54, 1.807) is 48.7 Å². The minimum Gasteiger partial charge on any atom is -0.379 e. The highest BCUT2D eigenvalue weighted by molar-refractivity contribution is 6.10.